The molecule has 154 valence electrons. The summed E-state index contributed by atoms with van der Waals surface area (Å²) in [4.78, 5) is 16.7. The molecule has 2 saturated heterocycles. The Morgan fingerprint density at radius 1 is 1.00 bits per heavy atom. The minimum absolute atomic E-state index is 0.132. The molecule has 0 aromatic heterocycles. The number of carbonyl (C=O) groups is 1. The maximum Gasteiger partial charge on any atom is 0.248 e. The molecule has 3 aliphatic rings. The van der Waals surface area contributed by atoms with Crippen molar-refractivity contribution < 1.29 is 9.53 Å². The van der Waals surface area contributed by atoms with E-state index in [9.17, 15) is 4.79 Å². The molecular weight excluding hydrogens is 374 g/mol. The first-order valence-electron chi connectivity index (χ1n) is 10.9. The highest BCUT2D eigenvalue weighted by Gasteiger charge is 2.46. The van der Waals surface area contributed by atoms with Gasteiger partial charge >= 0.3 is 0 Å². The molecular formula is C25H27N3O2. The van der Waals surface area contributed by atoms with Gasteiger partial charge in [0.25, 0.3) is 0 Å². The lowest BCUT2D eigenvalue weighted by Gasteiger charge is -2.47. The molecule has 0 radical (unpaired) electrons. The zero-order valence-corrected chi connectivity index (χ0v) is 17.2. The largest absolute Gasteiger partial charge is 0.363 e. The van der Waals surface area contributed by atoms with Crippen molar-refractivity contribution in [2.75, 3.05) is 26.2 Å². The summed E-state index contributed by atoms with van der Waals surface area (Å²) in [7, 11) is 0. The molecule has 2 aromatic carbocycles. The first-order chi connectivity index (χ1) is 14.6. The van der Waals surface area contributed by atoms with Gasteiger partial charge < -0.3 is 9.64 Å². The molecule has 2 heterocycles. The molecule has 0 N–H and O–H groups in total. The zero-order chi connectivity index (χ0) is 20.6. The molecule has 0 unspecified atom stereocenters. The lowest BCUT2D eigenvalue weighted by atomic mass is 9.89. The molecule has 1 spiro atoms. The number of ether oxygens (including phenoxy) is 1. The summed E-state index contributed by atoms with van der Waals surface area (Å²) in [6.07, 6.45) is 4.30. The average molecular weight is 402 g/mol. The topological polar surface area (TPSA) is 56.6 Å². The second-order valence-electron chi connectivity index (χ2n) is 8.89. The number of morpholine rings is 1. The van der Waals surface area contributed by atoms with Crippen LogP contribution < -0.4 is 0 Å². The number of carbonyl (C=O) groups excluding carboxylic acids is 1. The third kappa shape index (κ3) is 3.98. The minimum Gasteiger partial charge on any atom is -0.363 e. The van der Waals surface area contributed by atoms with Gasteiger partial charge in [-0.2, -0.15) is 5.26 Å². The molecule has 1 amide bonds. The van der Waals surface area contributed by atoms with E-state index in [4.69, 9.17) is 10.00 Å². The molecule has 5 nitrogen and oxygen atoms in total. The van der Waals surface area contributed by atoms with Gasteiger partial charge in [0.05, 0.1) is 23.8 Å². The van der Waals surface area contributed by atoms with Crippen LogP contribution in [0.3, 0.4) is 0 Å². The van der Waals surface area contributed by atoms with Crippen LogP contribution in [0.4, 0.5) is 0 Å². The SMILES string of the molecule is N#Cc1ccc(-c2ccc(CN3CCC4(CC3)CN(C3CC3)C(=O)CO4)cc2)cc1. The number of likely N-dealkylation sites (tertiary alicyclic amines) is 1. The van der Waals surface area contributed by atoms with E-state index in [-0.39, 0.29) is 18.1 Å². The van der Waals surface area contributed by atoms with E-state index in [1.807, 2.05) is 24.3 Å². The minimum atomic E-state index is -0.132. The van der Waals surface area contributed by atoms with E-state index in [0.717, 1.165) is 57.4 Å². The summed E-state index contributed by atoms with van der Waals surface area (Å²) in [6, 6.07) is 19.1. The number of benzene rings is 2. The van der Waals surface area contributed by atoms with Crippen LogP contribution in [0.1, 0.15) is 36.8 Å². The van der Waals surface area contributed by atoms with E-state index < -0.39 is 0 Å². The number of hydrogen-bond donors (Lipinski definition) is 0. The van der Waals surface area contributed by atoms with Gasteiger partial charge in [-0.05, 0) is 54.5 Å². The molecule has 1 saturated carbocycles. The molecule has 5 heteroatoms. The van der Waals surface area contributed by atoms with E-state index in [1.54, 1.807) is 0 Å². The first-order valence-corrected chi connectivity index (χ1v) is 10.9. The highest BCUT2D eigenvalue weighted by molar-refractivity contribution is 5.79. The number of nitriles is 1. The van der Waals surface area contributed by atoms with Gasteiger partial charge in [0.2, 0.25) is 5.91 Å². The van der Waals surface area contributed by atoms with Crippen molar-refractivity contribution in [1.82, 2.24) is 9.80 Å². The molecule has 0 atom stereocenters. The first kappa shape index (κ1) is 19.3. The van der Waals surface area contributed by atoms with Crippen molar-refractivity contribution in [3.8, 4) is 17.2 Å². The van der Waals surface area contributed by atoms with Gasteiger partial charge in [-0.3, -0.25) is 9.69 Å². The van der Waals surface area contributed by atoms with Gasteiger partial charge in [0.1, 0.15) is 6.61 Å². The summed E-state index contributed by atoms with van der Waals surface area (Å²) < 4.78 is 6.07. The van der Waals surface area contributed by atoms with Crippen molar-refractivity contribution in [3.05, 3.63) is 59.7 Å². The van der Waals surface area contributed by atoms with E-state index in [1.165, 1.54) is 11.1 Å². The monoisotopic (exact) mass is 401 g/mol. The smallest absolute Gasteiger partial charge is 0.248 e. The fourth-order valence-corrected chi connectivity index (χ4v) is 4.68. The summed E-state index contributed by atoms with van der Waals surface area (Å²) in [5, 5.41) is 8.94. The van der Waals surface area contributed by atoms with Crippen LogP contribution >= 0.6 is 0 Å². The molecule has 5 rings (SSSR count). The third-order valence-electron chi connectivity index (χ3n) is 6.74. The van der Waals surface area contributed by atoms with Gasteiger partial charge in [0, 0.05) is 25.7 Å². The van der Waals surface area contributed by atoms with Gasteiger partial charge in [-0.25, -0.2) is 0 Å². The summed E-state index contributed by atoms with van der Waals surface area (Å²) in [5.41, 5.74) is 4.16. The maximum absolute atomic E-state index is 12.1. The molecule has 1 aliphatic carbocycles. The Kier molecular flexibility index (Phi) is 5.06. The van der Waals surface area contributed by atoms with Crippen molar-refractivity contribution in [2.45, 2.75) is 43.9 Å². The van der Waals surface area contributed by atoms with Crippen molar-refractivity contribution >= 4 is 5.91 Å². The maximum atomic E-state index is 12.1. The number of rotatable bonds is 4. The predicted octanol–water partition coefficient (Wildman–Crippen LogP) is 3.58. The van der Waals surface area contributed by atoms with Crippen molar-refractivity contribution in [1.29, 1.82) is 5.26 Å². The average Bonchev–Trinajstić information content (AvgIpc) is 3.63. The highest BCUT2D eigenvalue weighted by Crippen LogP contribution is 2.36. The highest BCUT2D eigenvalue weighted by atomic mass is 16.5. The standard InChI is InChI=1S/C25H27N3O2/c26-15-19-1-5-21(6-2-19)22-7-3-20(4-8-22)16-27-13-11-25(12-14-27)18-28(23-9-10-23)24(29)17-30-25/h1-8,23H,9-14,16-18H2. The summed E-state index contributed by atoms with van der Waals surface area (Å²) >= 11 is 0. The van der Waals surface area contributed by atoms with E-state index >= 15 is 0 Å². The summed E-state index contributed by atoms with van der Waals surface area (Å²) in [5.74, 6) is 0.174. The van der Waals surface area contributed by atoms with Crippen LogP contribution in [0.5, 0.6) is 0 Å². The quantitative estimate of drug-likeness (QED) is 0.786. The van der Waals surface area contributed by atoms with E-state index in [2.05, 4.69) is 40.1 Å². The van der Waals surface area contributed by atoms with Crippen LogP contribution in [-0.2, 0) is 16.1 Å². The number of nitrogens with zero attached hydrogens (tertiary/aromatic N) is 3. The fraction of sp³-hybridized carbons (Fsp3) is 0.440. The second kappa shape index (κ2) is 7.86. The Bertz CT molecular complexity index is 949. The Morgan fingerprint density at radius 2 is 1.63 bits per heavy atom. The van der Waals surface area contributed by atoms with Gasteiger partial charge in [-0.15, -0.1) is 0 Å². The van der Waals surface area contributed by atoms with Crippen LogP contribution in [0.2, 0.25) is 0 Å². The van der Waals surface area contributed by atoms with E-state index in [0.29, 0.717) is 11.6 Å². The number of hydrogen-bond acceptors (Lipinski definition) is 4. The van der Waals surface area contributed by atoms with Gasteiger partial charge in [-0.1, -0.05) is 36.4 Å². The van der Waals surface area contributed by atoms with Crippen LogP contribution in [0.25, 0.3) is 11.1 Å². The molecule has 2 aromatic rings. The van der Waals surface area contributed by atoms with Gasteiger partial charge in [0.15, 0.2) is 0 Å². The Morgan fingerprint density at radius 3 is 2.23 bits per heavy atom. The van der Waals surface area contributed by atoms with Crippen LogP contribution in [-0.4, -0.2) is 53.6 Å². The molecule has 30 heavy (non-hydrogen) atoms. The molecule has 2 aliphatic heterocycles. The van der Waals surface area contributed by atoms with Crippen molar-refractivity contribution in [2.24, 2.45) is 0 Å². The zero-order valence-electron chi connectivity index (χ0n) is 17.2. The van der Waals surface area contributed by atoms with Crippen LogP contribution in [0, 0.1) is 11.3 Å². The predicted molar refractivity (Wildman–Crippen MR) is 115 cm³/mol. The number of amides is 1. The van der Waals surface area contributed by atoms with Crippen LogP contribution in [0.15, 0.2) is 48.5 Å². The Labute approximate surface area is 177 Å². The Balaban J connectivity index is 1.17. The lowest BCUT2D eigenvalue weighted by molar-refractivity contribution is -0.172. The summed E-state index contributed by atoms with van der Waals surface area (Å²) in [6.45, 7) is 3.99. The second-order valence-corrected chi connectivity index (χ2v) is 8.89. The molecule has 3 fully saturated rings. The van der Waals surface area contributed by atoms with Crippen molar-refractivity contribution in [3.63, 3.8) is 0 Å². The molecule has 0 bridgehead atoms. The lowest BCUT2D eigenvalue weighted by Crippen LogP contribution is -2.59. The third-order valence-corrected chi connectivity index (χ3v) is 6.74. The Hall–Kier alpha value is -2.68. The fourth-order valence-electron chi connectivity index (χ4n) is 4.68. The normalized spacial score (nSPS) is 21.6. The number of piperidine rings is 1.